The summed E-state index contributed by atoms with van der Waals surface area (Å²) in [5.41, 5.74) is 2.78. The van der Waals surface area contributed by atoms with Gasteiger partial charge in [0, 0.05) is 5.92 Å². The molecule has 2 aromatic carbocycles. The lowest BCUT2D eigenvalue weighted by Gasteiger charge is -2.16. The molecule has 0 unspecified atom stereocenters. The molecule has 0 N–H and O–H groups in total. The van der Waals surface area contributed by atoms with Crippen LogP contribution in [0.2, 0.25) is 0 Å². The summed E-state index contributed by atoms with van der Waals surface area (Å²) in [4.78, 5) is 11.6. The van der Waals surface area contributed by atoms with Crippen LogP contribution < -0.4 is 4.74 Å². The van der Waals surface area contributed by atoms with Gasteiger partial charge in [0.25, 0.3) is 0 Å². The Balaban J connectivity index is 2.49. The number of allylic oxidation sites excluding steroid dienone is 1. The average Bonchev–Trinajstić information content (AvgIpc) is 2.59. The summed E-state index contributed by atoms with van der Waals surface area (Å²) in [6.07, 6.45) is 1.29. The maximum atomic E-state index is 14.2. The van der Waals surface area contributed by atoms with E-state index >= 15 is 0 Å². The SMILES string of the molecule is CCOC(=O)/C(F)=C/[C@@H](c1cccc(C)c1)c1cccc(OC)c1. The van der Waals surface area contributed by atoms with Crippen LogP contribution in [-0.2, 0) is 9.53 Å². The average molecular weight is 328 g/mol. The molecule has 4 heteroatoms. The Hall–Kier alpha value is -2.62. The van der Waals surface area contributed by atoms with Gasteiger partial charge in [0.05, 0.1) is 13.7 Å². The molecule has 0 aliphatic rings. The summed E-state index contributed by atoms with van der Waals surface area (Å²) in [6.45, 7) is 3.75. The summed E-state index contributed by atoms with van der Waals surface area (Å²) in [5, 5.41) is 0. The van der Waals surface area contributed by atoms with Crippen molar-refractivity contribution in [2.45, 2.75) is 19.8 Å². The predicted molar refractivity (Wildman–Crippen MR) is 91.8 cm³/mol. The van der Waals surface area contributed by atoms with Gasteiger partial charge >= 0.3 is 5.97 Å². The first kappa shape index (κ1) is 17.7. The van der Waals surface area contributed by atoms with Crippen molar-refractivity contribution in [3.05, 3.63) is 77.1 Å². The highest BCUT2D eigenvalue weighted by atomic mass is 19.1. The fourth-order valence-corrected chi connectivity index (χ4v) is 2.50. The van der Waals surface area contributed by atoms with Crippen molar-refractivity contribution in [3.63, 3.8) is 0 Å². The number of benzene rings is 2. The minimum atomic E-state index is -0.946. The van der Waals surface area contributed by atoms with Crippen LogP contribution in [0.3, 0.4) is 0 Å². The van der Waals surface area contributed by atoms with Crippen LogP contribution in [0.1, 0.15) is 29.5 Å². The molecule has 0 saturated carbocycles. The van der Waals surface area contributed by atoms with Crippen LogP contribution in [0.5, 0.6) is 5.75 Å². The van der Waals surface area contributed by atoms with Gasteiger partial charge in [0.2, 0.25) is 5.83 Å². The van der Waals surface area contributed by atoms with Crippen LogP contribution >= 0.6 is 0 Å². The van der Waals surface area contributed by atoms with Gasteiger partial charge < -0.3 is 9.47 Å². The van der Waals surface area contributed by atoms with Gasteiger partial charge in [0.15, 0.2) is 0 Å². The van der Waals surface area contributed by atoms with Gasteiger partial charge in [-0.3, -0.25) is 0 Å². The maximum Gasteiger partial charge on any atom is 0.366 e. The van der Waals surface area contributed by atoms with E-state index in [1.807, 2.05) is 55.5 Å². The topological polar surface area (TPSA) is 35.5 Å². The van der Waals surface area contributed by atoms with E-state index in [0.29, 0.717) is 5.75 Å². The largest absolute Gasteiger partial charge is 0.497 e. The highest BCUT2D eigenvalue weighted by molar-refractivity contribution is 5.86. The van der Waals surface area contributed by atoms with Crippen LogP contribution in [0.4, 0.5) is 4.39 Å². The molecule has 0 bridgehead atoms. The van der Waals surface area contributed by atoms with Crippen molar-refractivity contribution >= 4 is 5.97 Å². The minimum Gasteiger partial charge on any atom is -0.497 e. The highest BCUT2D eigenvalue weighted by Crippen LogP contribution is 2.30. The molecule has 0 spiro atoms. The van der Waals surface area contributed by atoms with Crippen LogP contribution in [0.15, 0.2) is 60.4 Å². The number of rotatable bonds is 6. The van der Waals surface area contributed by atoms with E-state index in [1.165, 1.54) is 6.08 Å². The summed E-state index contributed by atoms with van der Waals surface area (Å²) in [7, 11) is 1.58. The van der Waals surface area contributed by atoms with Crippen molar-refractivity contribution in [3.8, 4) is 5.75 Å². The number of hydrogen-bond donors (Lipinski definition) is 0. The number of carbonyl (C=O) groups excluding carboxylic acids is 1. The third-order valence-corrected chi connectivity index (χ3v) is 3.64. The smallest absolute Gasteiger partial charge is 0.366 e. The number of halogens is 1. The first-order valence-corrected chi connectivity index (χ1v) is 7.80. The van der Waals surface area contributed by atoms with Gasteiger partial charge in [-0.25, -0.2) is 4.79 Å². The number of methoxy groups -OCH3 is 1. The molecule has 2 aromatic rings. The van der Waals surface area contributed by atoms with Crippen LogP contribution in [0, 0.1) is 6.92 Å². The second-order valence-corrected chi connectivity index (χ2v) is 5.40. The molecule has 0 aliphatic heterocycles. The van der Waals surface area contributed by atoms with Crippen molar-refractivity contribution < 1.29 is 18.7 Å². The Morgan fingerprint density at radius 3 is 2.46 bits per heavy atom. The molecule has 0 radical (unpaired) electrons. The number of ether oxygens (including phenoxy) is 2. The first-order chi connectivity index (χ1) is 11.5. The Kier molecular flexibility index (Phi) is 6.13. The molecular formula is C20H21FO3. The predicted octanol–water partition coefficient (Wildman–Crippen LogP) is 4.55. The molecule has 1 atom stereocenters. The lowest BCUT2D eigenvalue weighted by Crippen LogP contribution is -2.07. The number of hydrogen-bond acceptors (Lipinski definition) is 3. The lowest BCUT2D eigenvalue weighted by molar-refractivity contribution is -0.140. The summed E-state index contributed by atoms with van der Waals surface area (Å²) in [5.74, 6) is -1.58. The first-order valence-electron chi connectivity index (χ1n) is 7.80. The molecule has 0 saturated heterocycles. The molecular weight excluding hydrogens is 307 g/mol. The summed E-state index contributed by atoms with van der Waals surface area (Å²) in [6, 6.07) is 15.1. The van der Waals surface area contributed by atoms with E-state index in [9.17, 15) is 9.18 Å². The van der Waals surface area contributed by atoms with Crippen LogP contribution in [0.25, 0.3) is 0 Å². The zero-order valence-corrected chi connectivity index (χ0v) is 14.1. The fourth-order valence-electron chi connectivity index (χ4n) is 2.50. The Morgan fingerprint density at radius 1 is 1.17 bits per heavy atom. The number of esters is 1. The highest BCUT2D eigenvalue weighted by Gasteiger charge is 2.18. The van der Waals surface area contributed by atoms with E-state index in [0.717, 1.165) is 16.7 Å². The van der Waals surface area contributed by atoms with Gasteiger partial charge in [-0.15, -0.1) is 0 Å². The molecule has 0 fully saturated rings. The Morgan fingerprint density at radius 2 is 1.83 bits per heavy atom. The third-order valence-electron chi connectivity index (χ3n) is 3.64. The van der Waals surface area contributed by atoms with Crippen molar-refractivity contribution in [1.29, 1.82) is 0 Å². The van der Waals surface area contributed by atoms with E-state index in [1.54, 1.807) is 14.0 Å². The molecule has 2 rings (SSSR count). The maximum absolute atomic E-state index is 14.2. The van der Waals surface area contributed by atoms with Crippen molar-refractivity contribution in [2.75, 3.05) is 13.7 Å². The monoisotopic (exact) mass is 328 g/mol. The second-order valence-electron chi connectivity index (χ2n) is 5.40. The Labute approximate surface area is 141 Å². The van der Waals surface area contributed by atoms with Gasteiger partial charge in [-0.05, 0) is 43.2 Å². The van der Waals surface area contributed by atoms with Gasteiger partial charge in [0.1, 0.15) is 5.75 Å². The van der Waals surface area contributed by atoms with E-state index in [-0.39, 0.29) is 6.61 Å². The fraction of sp³-hybridized carbons (Fsp3) is 0.250. The summed E-state index contributed by atoms with van der Waals surface area (Å²) < 4.78 is 24.2. The van der Waals surface area contributed by atoms with Gasteiger partial charge in [-0.2, -0.15) is 4.39 Å². The van der Waals surface area contributed by atoms with Gasteiger partial charge in [-0.1, -0.05) is 42.0 Å². The summed E-state index contributed by atoms with van der Waals surface area (Å²) >= 11 is 0. The minimum absolute atomic E-state index is 0.133. The quantitative estimate of drug-likeness (QED) is 0.576. The van der Waals surface area contributed by atoms with Crippen LogP contribution in [-0.4, -0.2) is 19.7 Å². The standard InChI is InChI=1S/C20H21FO3/c1-4-24-20(22)19(21)13-18(15-8-5-7-14(2)11-15)16-9-6-10-17(12-16)23-3/h5-13,18H,4H2,1-3H3/b19-13-/t18-/m0/s1. The lowest BCUT2D eigenvalue weighted by atomic mass is 9.89. The van der Waals surface area contributed by atoms with E-state index < -0.39 is 17.7 Å². The molecule has 0 aromatic heterocycles. The van der Waals surface area contributed by atoms with E-state index in [4.69, 9.17) is 9.47 Å². The number of carbonyl (C=O) groups is 1. The number of aryl methyl sites for hydroxylation is 1. The zero-order valence-electron chi connectivity index (χ0n) is 14.1. The van der Waals surface area contributed by atoms with Crippen molar-refractivity contribution in [1.82, 2.24) is 0 Å². The Bertz CT molecular complexity index is 737. The second kappa shape index (κ2) is 8.29. The van der Waals surface area contributed by atoms with Crippen molar-refractivity contribution in [2.24, 2.45) is 0 Å². The third kappa shape index (κ3) is 4.44. The molecule has 0 amide bonds. The molecule has 126 valence electrons. The normalized spacial score (nSPS) is 12.6. The molecule has 0 heterocycles. The van der Waals surface area contributed by atoms with E-state index in [2.05, 4.69) is 0 Å². The zero-order chi connectivity index (χ0) is 17.5. The molecule has 0 aliphatic carbocycles. The molecule has 3 nitrogen and oxygen atoms in total. The molecule has 24 heavy (non-hydrogen) atoms.